The van der Waals surface area contributed by atoms with Crippen LogP contribution >= 0.6 is 0 Å². The van der Waals surface area contributed by atoms with Crippen molar-refractivity contribution in [2.45, 2.75) is 12.8 Å². The lowest BCUT2D eigenvalue weighted by molar-refractivity contribution is -0.164. The van der Waals surface area contributed by atoms with Crippen LogP contribution in [0, 0.1) is 11.8 Å². The molecule has 2 atom stereocenters. The predicted molar refractivity (Wildman–Crippen MR) is 45.9 cm³/mol. The van der Waals surface area contributed by atoms with Gasteiger partial charge in [0.15, 0.2) is 0 Å². The topological polar surface area (TPSA) is 97.7 Å². The van der Waals surface area contributed by atoms with Gasteiger partial charge in [0.2, 0.25) is 0 Å². The molecule has 0 radical (unpaired) electrons. The average molecular weight is 214 g/mol. The average Bonchev–Trinajstić information content (AvgIpc) is 2.19. The summed E-state index contributed by atoms with van der Waals surface area (Å²) in [7, 11) is 1.05. The van der Waals surface area contributed by atoms with E-state index in [0.717, 1.165) is 7.11 Å². The molecule has 1 N–H and O–H groups in total. The molecule has 0 aromatic heterocycles. The standard InChI is InChI=1S/C9H10O6/c1-15-9(14)7-5(11)3-2-4(10)6(7)8(12)13/h6-7H,2-3H2,1H3,(H,12,13). The van der Waals surface area contributed by atoms with Crippen LogP contribution < -0.4 is 0 Å². The van der Waals surface area contributed by atoms with E-state index in [4.69, 9.17) is 5.11 Å². The van der Waals surface area contributed by atoms with E-state index in [9.17, 15) is 19.2 Å². The monoisotopic (exact) mass is 214 g/mol. The SMILES string of the molecule is COC(=O)C1C(=O)CCC(=O)C1C(=O)O. The van der Waals surface area contributed by atoms with Crippen molar-refractivity contribution in [3.05, 3.63) is 0 Å². The van der Waals surface area contributed by atoms with Crippen molar-refractivity contribution < 1.29 is 29.0 Å². The number of rotatable bonds is 2. The number of carbonyl (C=O) groups is 4. The molecule has 0 aromatic carbocycles. The van der Waals surface area contributed by atoms with Gasteiger partial charge < -0.3 is 9.84 Å². The van der Waals surface area contributed by atoms with Gasteiger partial charge in [-0.15, -0.1) is 0 Å². The summed E-state index contributed by atoms with van der Waals surface area (Å²) in [6.45, 7) is 0. The third-order valence-corrected chi connectivity index (χ3v) is 2.37. The summed E-state index contributed by atoms with van der Waals surface area (Å²) in [6.07, 6.45) is -0.217. The fourth-order valence-corrected chi connectivity index (χ4v) is 1.60. The number of ketones is 2. The van der Waals surface area contributed by atoms with Gasteiger partial charge in [-0.3, -0.25) is 19.2 Å². The molecule has 0 heterocycles. The molecule has 0 amide bonds. The van der Waals surface area contributed by atoms with Gasteiger partial charge in [-0.2, -0.15) is 0 Å². The number of hydrogen-bond acceptors (Lipinski definition) is 5. The summed E-state index contributed by atoms with van der Waals surface area (Å²) in [6, 6.07) is 0. The number of carbonyl (C=O) groups excluding carboxylic acids is 3. The number of aliphatic carboxylic acids is 1. The number of carboxylic acid groups (broad SMARTS) is 1. The Balaban J connectivity index is 3.03. The Kier molecular flexibility index (Phi) is 3.18. The lowest BCUT2D eigenvalue weighted by Crippen LogP contribution is -2.44. The van der Waals surface area contributed by atoms with Gasteiger partial charge in [-0.1, -0.05) is 0 Å². The van der Waals surface area contributed by atoms with E-state index in [1.54, 1.807) is 0 Å². The Morgan fingerprint density at radius 1 is 1.20 bits per heavy atom. The minimum absolute atomic E-state index is 0.0949. The quantitative estimate of drug-likeness (QED) is 0.487. The smallest absolute Gasteiger partial charge is 0.317 e. The van der Waals surface area contributed by atoms with Gasteiger partial charge in [0.1, 0.15) is 23.4 Å². The maximum absolute atomic E-state index is 11.3. The Hall–Kier alpha value is -1.72. The Morgan fingerprint density at radius 3 is 2.07 bits per heavy atom. The molecule has 0 aromatic rings. The van der Waals surface area contributed by atoms with Crippen molar-refractivity contribution >= 4 is 23.5 Å². The van der Waals surface area contributed by atoms with E-state index in [1.165, 1.54) is 0 Å². The fraction of sp³-hybridized carbons (Fsp3) is 0.556. The van der Waals surface area contributed by atoms with Gasteiger partial charge in [-0.25, -0.2) is 0 Å². The number of Topliss-reactive ketones (excluding diaryl/α,β-unsaturated/α-hetero) is 2. The van der Waals surface area contributed by atoms with Crippen molar-refractivity contribution in [3.8, 4) is 0 Å². The van der Waals surface area contributed by atoms with Gasteiger partial charge in [-0.05, 0) is 0 Å². The van der Waals surface area contributed by atoms with Crippen LogP contribution in [0.25, 0.3) is 0 Å². The number of methoxy groups -OCH3 is 1. The first-order valence-electron chi connectivity index (χ1n) is 4.35. The molecule has 0 aliphatic heterocycles. The molecule has 15 heavy (non-hydrogen) atoms. The lowest BCUT2D eigenvalue weighted by Gasteiger charge is -2.23. The van der Waals surface area contributed by atoms with E-state index in [0.29, 0.717) is 0 Å². The van der Waals surface area contributed by atoms with Crippen LogP contribution in [-0.4, -0.2) is 35.7 Å². The Morgan fingerprint density at radius 2 is 1.67 bits per heavy atom. The van der Waals surface area contributed by atoms with Crippen LogP contribution in [-0.2, 0) is 23.9 Å². The second-order valence-electron chi connectivity index (χ2n) is 3.25. The normalized spacial score (nSPS) is 26.2. The number of esters is 1. The molecular formula is C9H10O6. The Labute approximate surface area is 85.2 Å². The molecule has 1 fully saturated rings. The second-order valence-corrected chi connectivity index (χ2v) is 3.25. The predicted octanol–water partition coefficient (Wildman–Crippen LogP) is -0.592. The number of carboxylic acids is 1. The van der Waals surface area contributed by atoms with Gasteiger partial charge in [0.25, 0.3) is 0 Å². The maximum atomic E-state index is 11.3. The molecule has 1 saturated carbocycles. The first-order valence-corrected chi connectivity index (χ1v) is 4.35. The number of ether oxygens (including phenoxy) is 1. The van der Waals surface area contributed by atoms with Crippen LogP contribution in [0.2, 0.25) is 0 Å². The second kappa shape index (κ2) is 4.20. The molecule has 82 valence electrons. The summed E-state index contributed by atoms with van der Waals surface area (Å²) < 4.78 is 4.31. The fourth-order valence-electron chi connectivity index (χ4n) is 1.60. The summed E-state index contributed by atoms with van der Waals surface area (Å²) in [5, 5.41) is 8.76. The van der Waals surface area contributed by atoms with Crippen LogP contribution in [0.15, 0.2) is 0 Å². The first kappa shape index (κ1) is 11.4. The van der Waals surface area contributed by atoms with Crippen molar-refractivity contribution in [2.24, 2.45) is 11.8 Å². The van der Waals surface area contributed by atoms with Crippen molar-refractivity contribution in [3.63, 3.8) is 0 Å². The highest BCUT2D eigenvalue weighted by molar-refractivity contribution is 6.14. The highest BCUT2D eigenvalue weighted by atomic mass is 16.5. The lowest BCUT2D eigenvalue weighted by atomic mass is 9.77. The summed E-state index contributed by atoms with van der Waals surface area (Å²) in [4.78, 5) is 44.5. The van der Waals surface area contributed by atoms with E-state index in [-0.39, 0.29) is 12.8 Å². The molecular weight excluding hydrogens is 204 g/mol. The molecule has 2 unspecified atom stereocenters. The van der Waals surface area contributed by atoms with Gasteiger partial charge in [0, 0.05) is 12.8 Å². The van der Waals surface area contributed by atoms with Crippen LogP contribution in [0.3, 0.4) is 0 Å². The third-order valence-electron chi connectivity index (χ3n) is 2.37. The van der Waals surface area contributed by atoms with Gasteiger partial charge in [0.05, 0.1) is 7.11 Å². The van der Waals surface area contributed by atoms with E-state index in [1.807, 2.05) is 0 Å². The minimum atomic E-state index is -1.58. The molecule has 6 heteroatoms. The molecule has 6 nitrogen and oxygen atoms in total. The zero-order valence-electron chi connectivity index (χ0n) is 8.06. The summed E-state index contributed by atoms with van der Waals surface area (Å²) >= 11 is 0. The number of hydrogen-bond donors (Lipinski definition) is 1. The minimum Gasteiger partial charge on any atom is -0.481 e. The van der Waals surface area contributed by atoms with E-state index in [2.05, 4.69) is 4.74 Å². The van der Waals surface area contributed by atoms with Crippen LogP contribution in [0.5, 0.6) is 0 Å². The molecule has 0 bridgehead atoms. The van der Waals surface area contributed by atoms with Gasteiger partial charge >= 0.3 is 11.9 Å². The van der Waals surface area contributed by atoms with E-state index >= 15 is 0 Å². The highest BCUT2D eigenvalue weighted by Crippen LogP contribution is 2.26. The summed E-state index contributed by atoms with van der Waals surface area (Å²) in [5.74, 6) is -6.62. The zero-order valence-corrected chi connectivity index (χ0v) is 8.06. The largest absolute Gasteiger partial charge is 0.481 e. The molecule has 0 spiro atoms. The first-order chi connectivity index (χ1) is 6.99. The van der Waals surface area contributed by atoms with Crippen LogP contribution in [0.4, 0.5) is 0 Å². The molecule has 1 aliphatic carbocycles. The third kappa shape index (κ3) is 2.03. The maximum Gasteiger partial charge on any atom is 0.317 e. The van der Waals surface area contributed by atoms with Crippen molar-refractivity contribution in [2.75, 3.05) is 7.11 Å². The molecule has 1 rings (SSSR count). The van der Waals surface area contributed by atoms with Crippen molar-refractivity contribution in [1.82, 2.24) is 0 Å². The molecule has 0 saturated heterocycles. The zero-order chi connectivity index (χ0) is 11.6. The summed E-state index contributed by atoms with van der Waals surface area (Å²) in [5.41, 5.74) is 0. The van der Waals surface area contributed by atoms with E-state index < -0.39 is 35.3 Å². The molecule has 1 aliphatic rings. The van der Waals surface area contributed by atoms with Crippen molar-refractivity contribution in [1.29, 1.82) is 0 Å². The van der Waals surface area contributed by atoms with Crippen LogP contribution in [0.1, 0.15) is 12.8 Å². The highest BCUT2D eigenvalue weighted by Gasteiger charge is 2.47. The Bertz CT molecular complexity index is 323.